The number of carbonyl (C=O) groups excluding carboxylic acids is 1. The van der Waals surface area contributed by atoms with E-state index in [2.05, 4.69) is 5.43 Å². The van der Waals surface area contributed by atoms with Crippen LogP contribution in [0.2, 0.25) is 0 Å². The van der Waals surface area contributed by atoms with Crippen LogP contribution in [0.1, 0.15) is 0 Å². The number of primary amides is 1. The molecule has 1 heterocycles. The number of amides is 2. The van der Waals surface area contributed by atoms with Gasteiger partial charge in [-0.1, -0.05) is 0 Å². The van der Waals surface area contributed by atoms with Crippen molar-refractivity contribution in [3.8, 4) is 0 Å². The number of nitrogens with one attached hydrogen (secondary N) is 1. The first-order chi connectivity index (χ1) is 3.80. The molecule has 0 aromatic carbocycles. The summed E-state index contributed by atoms with van der Waals surface area (Å²) in [6.07, 6.45) is 3.48. The second-order valence-electron chi connectivity index (χ2n) is 1.48. The van der Waals surface area contributed by atoms with Crippen molar-refractivity contribution in [2.24, 2.45) is 5.73 Å². The number of hydrogen-bond acceptors (Lipinski definition) is 2. The van der Waals surface area contributed by atoms with Crippen LogP contribution in [0, 0.1) is 0 Å². The van der Waals surface area contributed by atoms with Crippen molar-refractivity contribution in [3.05, 3.63) is 12.3 Å². The van der Waals surface area contributed by atoms with Gasteiger partial charge in [0.25, 0.3) is 0 Å². The first-order valence-corrected chi connectivity index (χ1v) is 2.29. The van der Waals surface area contributed by atoms with Gasteiger partial charge in [0.15, 0.2) is 0 Å². The Bertz CT molecular complexity index is 123. The van der Waals surface area contributed by atoms with E-state index in [0.717, 1.165) is 0 Å². The Morgan fingerprint density at radius 1 is 1.88 bits per heavy atom. The largest absolute Gasteiger partial charge is 0.350 e. The summed E-state index contributed by atoms with van der Waals surface area (Å²) in [6, 6.07) is -0.449. The van der Waals surface area contributed by atoms with E-state index in [4.69, 9.17) is 5.73 Å². The van der Waals surface area contributed by atoms with Crippen molar-refractivity contribution in [1.82, 2.24) is 10.4 Å². The van der Waals surface area contributed by atoms with E-state index in [0.29, 0.717) is 6.54 Å². The summed E-state index contributed by atoms with van der Waals surface area (Å²) in [5, 5.41) is 1.31. The molecule has 4 nitrogen and oxygen atoms in total. The molecule has 44 valence electrons. The van der Waals surface area contributed by atoms with Crippen LogP contribution in [-0.4, -0.2) is 17.6 Å². The Kier molecular flexibility index (Phi) is 1.07. The van der Waals surface area contributed by atoms with Crippen molar-refractivity contribution >= 4 is 6.03 Å². The first kappa shape index (κ1) is 4.96. The summed E-state index contributed by atoms with van der Waals surface area (Å²) < 4.78 is 0. The molecule has 0 aromatic rings. The third-order valence-corrected chi connectivity index (χ3v) is 0.902. The smallest absolute Gasteiger partial charge is 0.333 e. The maximum absolute atomic E-state index is 10.2. The Morgan fingerprint density at radius 2 is 2.62 bits per heavy atom. The van der Waals surface area contributed by atoms with Gasteiger partial charge in [0.05, 0.1) is 6.54 Å². The molecule has 0 spiro atoms. The molecule has 0 atom stereocenters. The average Bonchev–Trinajstić information content (AvgIpc) is 2.12. The van der Waals surface area contributed by atoms with Gasteiger partial charge in [-0.25, -0.2) is 9.80 Å². The van der Waals surface area contributed by atoms with Gasteiger partial charge in [-0.15, -0.1) is 0 Å². The van der Waals surface area contributed by atoms with Crippen molar-refractivity contribution in [2.75, 3.05) is 6.54 Å². The van der Waals surface area contributed by atoms with Crippen molar-refractivity contribution in [3.63, 3.8) is 0 Å². The molecule has 1 aliphatic heterocycles. The average molecular weight is 113 g/mol. The van der Waals surface area contributed by atoms with Crippen LogP contribution in [-0.2, 0) is 0 Å². The fourth-order valence-corrected chi connectivity index (χ4v) is 0.507. The van der Waals surface area contributed by atoms with E-state index in [1.807, 2.05) is 6.08 Å². The summed E-state index contributed by atoms with van der Waals surface area (Å²) in [6.45, 7) is 0.565. The number of hydrazine groups is 1. The highest BCUT2D eigenvalue weighted by molar-refractivity contribution is 5.72. The number of carbonyl (C=O) groups is 1. The van der Waals surface area contributed by atoms with Gasteiger partial charge in [0, 0.05) is 6.20 Å². The third-order valence-electron chi connectivity index (χ3n) is 0.902. The minimum Gasteiger partial charge on any atom is -0.350 e. The highest BCUT2D eigenvalue weighted by atomic mass is 16.2. The van der Waals surface area contributed by atoms with Crippen LogP contribution in [0.3, 0.4) is 0 Å². The normalized spacial score (nSPS) is 16.2. The molecule has 2 amide bonds. The van der Waals surface area contributed by atoms with E-state index in [-0.39, 0.29) is 0 Å². The molecule has 0 saturated heterocycles. The first-order valence-electron chi connectivity index (χ1n) is 2.29. The maximum atomic E-state index is 10.2. The molecule has 0 fully saturated rings. The second kappa shape index (κ2) is 1.73. The van der Waals surface area contributed by atoms with Gasteiger partial charge < -0.3 is 11.2 Å². The molecule has 1 rings (SSSR count). The zero-order valence-electron chi connectivity index (χ0n) is 4.29. The lowest BCUT2D eigenvalue weighted by Gasteiger charge is -2.10. The molecule has 0 radical (unpaired) electrons. The summed E-state index contributed by atoms with van der Waals surface area (Å²) in [5.41, 5.74) is 7.52. The van der Waals surface area contributed by atoms with Gasteiger partial charge in [0.2, 0.25) is 0 Å². The topological polar surface area (TPSA) is 58.4 Å². The Balaban J connectivity index is 2.41. The molecule has 1 aliphatic rings. The number of urea groups is 1. The zero-order valence-corrected chi connectivity index (χ0v) is 4.29. The summed E-state index contributed by atoms with van der Waals surface area (Å²) in [4.78, 5) is 10.2. The van der Waals surface area contributed by atoms with Gasteiger partial charge in [-0.3, -0.25) is 0 Å². The van der Waals surface area contributed by atoms with E-state index < -0.39 is 6.03 Å². The highest BCUT2D eigenvalue weighted by Gasteiger charge is 2.07. The molecule has 3 N–H and O–H groups in total. The van der Waals surface area contributed by atoms with E-state index in [9.17, 15) is 4.79 Å². The van der Waals surface area contributed by atoms with E-state index in [1.165, 1.54) is 5.01 Å². The number of nitrogens with two attached hydrogens (primary N) is 1. The van der Waals surface area contributed by atoms with Crippen LogP contribution in [0.4, 0.5) is 4.79 Å². The maximum Gasteiger partial charge on any atom is 0.333 e. The lowest BCUT2D eigenvalue weighted by Crippen LogP contribution is -2.40. The molecular weight excluding hydrogens is 106 g/mol. The lowest BCUT2D eigenvalue weighted by molar-refractivity contribution is 0.204. The molecule has 0 saturated carbocycles. The summed E-state index contributed by atoms with van der Waals surface area (Å²) in [7, 11) is 0. The molecule has 0 unspecified atom stereocenters. The van der Waals surface area contributed by atoms with Crippen LogP contribution in [0.15, 0.2) is 12.3 Å². The monoisotopic (exact) mass is 113 g/mol. The summed E-state index contributed by atoms with van der Waals surface area (Å²) in [5.74, 6) is 0. The number of rotatable bonds is 0. The Labute approximate surface area is 46.9 Å². The SMILES string of the molecule is NC(=O)N1CC=CN1. The number of hydrogen-bond donors (Lipinski definition) is 2. The van der Waals surface area contributed by atoms with E-state index in [1.54, 1.807) is 6.20 Å². The predicted molar refractivity (Wildman–Crippen MR) is 28.6 cm³/mol. The Hall–Kier alpha value is -1.19. The van der Waals surface area contributed by atoms with Crippen molar-refractivity contribution in [1.29, 1.82) is 0 Å². The van der Waals surface area contributed by atoms with Gasteiger partial charge in [-0.05, 0) is 6.08 Å². The van der Waals surface area contributed by atoms with Crippen LogP contribution < -0.4 is 11.2 Å². The third kappa shape index (κ3) is 0.726. The predicted octanol–water partition coefficient (Wildman–Crippen LogP) is -0.601. The summed E-state index contributed by atoms with van der Waals surface area (Å²) >= 11 is 0. The molecular formula is C4H7N3O. The van der Waals surface area contributed by atoms with Crippen molar-refractivity contribution < 1.29 is 4.79 Å². The quantitative estimate of drug-likeness (QED) is 0.440. The number of nitrogens with zero attached hydrogens (tertiary/aromatic N) is 1. The fraction of sp³-hybridized carbons (Fsp3) is 0.250. The van der Waals surface area contributed by atoms with Gasteiger partial charge >= 0.3 is 6.03 Å². The minimum absolute atomic E-state index is 0.449. The van der Waals surface area contributed by atoms with Gasteiger partial charge in [0.1, 0.15) is 0 Å². The van der Waals surface area contributed by atoms with Crippen LogP contribution >= 0.6 is 0 Å². The van der Waals surface area contributed by atoms with Crippen LogP contribution in [0.25, 0.3) is 0 Å². The molecule has 0 bridgehead atoms. The second-order valence-corrected chi connectivity index (χ2v) is 1.48. The fourth-order valence-electron chi connectivity index (χ4n) is 0.507. The Morgan fingerprint density at radius 3 is 2.88 bits per heavy atom. The van der Waals surface area contributed by atoms with Crippen LogP contribution in [0.5, 0.6) is 0 Å². The van der Waals surface area contributed by atoms with Crippen molar-refractivity contribution in [2.45, 2.75) is 0 Å². The standard InChI is InChI=1S/C4H7N3O/c5-4(8)7-3-1-2-6-7/h1-2,6H,3H2,(H2,5,8). The zero-order chi connectivity index (χ0) is 5.98. The molecule has 0 aromatic heterocycles. The molecule has 0 aliphatic carbocycles. The van der Waals surface area contributed by atoms with Gasteiger partial charge in [-0.2, -0.15) is 0 Å². The molecule has 8 heavy (non-hydrogen) atoms. The lowest BCUT2D eigenvalue weighted by atomic mass is 10.6. The van der Waals surface area contributed by atoms with E-state index >= 15 is 0 Å². The highest BCUT2D eigenvalue weighted by Crippen LogP contribution is 1.88. The minimum atomic E-state index is -0.449. The molecule has 4 heteroatoms.